The molecule has 0 saturated heterocycles. The highest BCUT2D eigenvalue weighted by Gasteiger charge is 2.21. The van der Waals surface area contributed by atoms with Crippen molar-refractivity contribution in [1.29, 1.82) is 0 Å². The first-order chi connectivity index (χ1) is 13.2. The van der Waals surface area contributed by atoms with E-state index in [0.717, 1.165) is 12.7 Å². The van der Waals surface area contributed by atoms with Crippen LogP contribution in [0.25, 0.3) is 16.9 Å². The van der Waals surface area contributed by atoms with Gasteiger partial charge in [0.05, 0.1) is 21.2 Å². The molecule has 0 saturated carbocycles. The Hall–Kier alpha value is -2.71. The van der Waals surface area contributed by atoms with Crippen molar-refractivity contribution in [3.8, 4) is 16.9 Å². The molecule has 3 aromatic rings. The van der Waals surface area contributed by atoms with Gasteiger partial charge in [-0.1, -0.05) is 49.2 Å². The summed E-state index contributed by atoms with van der Waals surface area (Å²) in [6.07, 6.45) is 2.49. The van der Waals surface area contributed by atoms with E-state index in [1.54, 1.807) is 30.3 Å². The summed E-state index contributed by atoms with van der Waals surface area (Å²) in [5, 5.41) is 15.9. The Balaban J connectivity index is 2.23. The van der Waals surface area contributed by atoms with Crippen molar-refractivity contribution in [2.45, 2.75) is 24.7 Å². The number of sulfone groups is 1. The first kappa shape index (κ1) is 20.0. The first-order valence-electron chi connectivity index (χ1n) is 8.55. The maximum atomic E-state index is 12.2. The SMILES string of the molecule is CCCc1ccc(-n2nc(Cl)cc2-c2ccccc2S(C)(=O)=O)cc1[N+](=O)[O-]. The summed E-state index contributed by atoms with van der Waals surface area (Å²) in [4.78, 5) is 11.2. The van der Waals surface area contributed by atoms with E-state index in [-0.39, 0.29) is 15.7 Å². The van der Waals surface area contributed by atoms with Gasteiger partial charge in [0.15, 0.2) is 15.0 Å². The third-order valence-electron chi connectivity index (χ3n) is 4.27. The van der Waals surface area contributed by atoms with E-state index in [1.165, 1.54) is 22.9 Å². The molecule has 7 nitrogen and oxygen atoms in total. The molecular formula is C19H18ClN3O4S. The van der Waals surface area contributed by atoms with Crippen molar-refractivity contribution in [3.05, 3.63) is 69.4 Å². The molecule has 2 aromatic carbocycles. The van der Waals surface area contributed by atoms with Crippen LogP contribution in [0.2, 0.25) is 5.15 Å². The molecule has 0 amide bonds. The molecule has 0 radical (unpaired) electrons. The lowest BCUT2D eigenvalue weighted by atomic mass is 10.1. The van der Waals surface area contributed by atoms with Crippen molar-refractivity contribution in [3.63, 3.8) is 0 Å². The molecule has 0 bridgehead atoms. The minimum atomic E-state index is -3.50. The van der Waals surface area contributed by atoms with Gasteiger partial charge in [-0.3, -0.25) is 10.1 Å². The van der Waals surface area contributed by atoms with Crippen LogP contribution in [0.4, 0.5) is 5.69 Å². The Kier molecular flexibility index (Phi) is 5.53. The standard InChI is InChI=1S/C19H18ClN3O4S/c1-3-6-13-9-10-14(11-16(13)23(24)25)22-17(12-19(20)21-22)15-7-4-5-8-18(15)28(2,26)27/h4-5,7-12H,3,6H2,1-2H3. The predicted molar refractivity (Wildman–Crippen MR) is 108 cm³/mol. The second kappa shape index (κ2) is 7.73. The molecule has 28 heavy (non-hydrogen) atoms. The monoisotopic (exact) mass is 419 g/mol. The van der Waals surface area contributed by atoms with Crippen LogP contribution in [0.5, 0.6) is 0 Å². The summed E-state index contributed by atoms with van der Waals surface area (Å²) < 4.78 is 25.8. The van der Waals surface area contributed by atoms with Crippen molar-refractivity contribution >= 4 is 27.1 Å². The van der Waals surface area contributed by atoms with E-state index in [4.69, 9.17) is 11.6 Å². The molecule has 9 heteroatoms. The maximum Gasteiger partial charge on any atom is 0.274 e. The van der Waals surface area contributed by atoms with Crippen LogP contribution in [-0.4, -0.2) is 29.4 Å². The van der Waals surface area contributed by atoms with E-state index in [0.29, 0.717) is 28.9 Å². The summed E-state index contributed by atoms with van der Waals surface area (Å²) in [7, 11) is -3.50. The summed E-state index contributed by atoms with van der Waals surface area (Å²) >= 11 is 6.10. The molecule has 0 unspecified atom stereocenters. The third kappa shape index (κ3) is 3.93. The minimum absolute atomic E-state index is 0.00618. The highest BCUT2D eigenvalue weighted by Crippen LogP contribution is 2.32. The molecule has 0 aliphatic rings. The number of aromatic nitrogens is 2. The van der Waals surface area contributed by atoms with Gasteiger partial charge in [-0.25, -0.2) is 13.1 Å². The fraction of sp³-hybridized carbons (Fsp3) is 0.211. The van der Waals surface area contributed by atoms with Crippen LogP contribution in [0.1, 0.15) is 18.9 Å². The average molecular weight is 420 g/mol. The van der Waals surface area contributed by atoms with Gasteiger partial charge in [0.2, 0.25) is 0 Å². The summed E-state index contributed by atoms with van der Waals surface area (Å²) in [5.41, 5.74) is 1.91. The molecule has 3 rings (SSSR count). The predicted octanol–water partition coefficient (Wildman–Crippen LogP) is 4.46. The van der Waals surface area contributed by atoms with E-state index < -0.39 is 14.8 Å². The van der Waals surface area contributed by atoms with Gasteiger partial charge in [0.1, 0.15) is 0 Å². The quantitative estimate of drug-likeness (QED) is 0.434. The van der Waals surface area contributed by atoms with E-state index >= 15 is 0 Å². The van der Waals surface area contributed by atoms with Crippen molar-refractivity contribution in [1.82, 2.24) is 9.78 Å². The Morgan fingerprint density at radius 3 is 2.54 bits per heavy atom. The van der Waals surface area contributed by atoms with Crippen LogP contribution in [0, 0.1) is 10.1 Å². The molecule has 0 aliphatic heterocycles. The van der Waals surface area contributed by atoms with Crippen molar-refractivity contribution in [2.24, 2.45) is 0 Å². The molecule has 1 heterocycles. The van der Waals surface area contributed by atoms with E-state index in [9.17, 15) is 18.5 Å². The van der Waals surface area contributed by atoms with Gasteiger partial charge in [-0.2, -0.15) is 5.10 Å². The number of nitrogens with zero attached hydrogens (tertiary/aromatic N) is 3. The van der Waals surface area contributed by atoms with Crippen molar-refractivity contribution < 1.29 is 13.3 Å². The Morgan fingerprint density at radius 1 is 1.18 bits per heavy atom. The topological polar surface area (TPSA) is 95.1 Å². The number of rotatable bonds is 6. The Labute approximate surface area is 167 Å². The maximum absolute atomic E-state index is 12.2. The number of nitro benzene ring substituents is 1. The van der Waals surface area contributed by atoms with Gasteiger partial charge in [0.25, 0.3) is 5.69 Å². The smallest absolute Gasteiger partial charge is 0.258 e. The fourth-order valence-electron chi connectivity index (χ4n) is 3.08. The lowest BCUT2D eigenvalue weighted by Crippen LogP contribution is -2.05. The number of halogens is 1. The summed E-state index contributed by atoms with van der Waals surface area (Å²) in [5.74, 6) is 0. The zero-order chi connectivity index (χ0) is 20.5. The van der Waals surface area contributed by atoms with Gasteiger partial charge in [-0.15, -0.1) is 0 Å². The second-order valence-corrected chi connectivity index (χ2v) is 8.72. The van der Waals surface area contributed by atoms with Crippen LogP contribution in [0.3, 0.4) is 0 Å². The zero-order valence-electron chi connectivity index (χ0n) is 15.3. The van der Waals surface area contributed by atoms with Gasteiger partial charge in [0, 0.05) is 29.5 Å². The van der Waals surface area contributed by atoms with Crippen LogP contribution >= 0.6 is 11.6 Å². The van der Waals surface area contributed by atoms with Crippen LogP contribution in [-0.2, 0) is 16.3 Å². The lowest BCUT2D eigenvalue weighted by Gasteiger charge is -2.12. The highest BCUT2D eigenvalue weighted by atomic mass is 35.5. The van der Waals surface area contributed by atoms with Gasteiger partial charge in [-0.05, 0) is 18.6 Å². The van der Waals surface area contributed by atoms with E-state index in [2.05, 4.69) is 5.10 Å². The summed E-state index contributed by atoms with van der Waals surface area (Å²) in [6, 6.07) is 12.9. The zero-order valence-corrected chi connectivity index (χ0v) is 16.9. The molecule has 1 aromatic heterocycles. The van der Waals surface area contributed by atoms with Crippen molar-refractivity contribution in [2.75, 3.05) is 6.26 Å². The first-order valence-corrected chi connectivity index (χ1v) is 10.8. The molecular weight excluding hydrogens is 402 g/mol. The number of aryl methyl sites for hydroxylation is 1. The van der Waals surface area contributed by atoms with Gasteiger partial charge >= 0.3 is 0 Å². The summed E-state index contributed by atoms with van der Waals surface area (Å²) in [6.45, 7) is 1.95. The number of hydrogen-bond acceptors (Lipinski definition) is 5. The lowest BCUT2D eigenvalue weighted by molar-refractivity contribution is -0.385. The number of benzene rings is 2. The molecule has 146 valence electrons. The van der Waals surface area contributed by atoms with E-state index in [1.807, 2.05) is 6.92 Å². The largest absolute Gasteiger partial charge is 0.274 e. The van der Waals surface area contributed by atoms with Crippen LogP contribution < -0.4 is 0 Å². The molecule has 0 spiro atoms. The Bertz CT molecular complexity index is 1160. The Morgan fingerprint density at radius 2 is 1.89 bits per heavy atom. The fourth-order valence-corrected chi connectivity index (χ4v) is 4.15. The molecule has 0 fully saturated rings. The molecule has 0 aliphatic carbocycles. The molecule has 0 atom stereocenters. The number of hydrogen-bond donors (Lipinski definition) is 0. The third-order valence-corrected chi connectivity index (χ3v) is 5.61. The minimum Gasteiger partial charge on any atom is -0.258 e. The number of nitro groups is 1. The van der Waals surface area contributed by atoms with Gasteiger partial charge < -0.3 is 0 Å². The van der Waals surface area contributed by atoms with Crippen LogP contribution in [0.15, 0.2) is 53.4 Å². The molecule has 0 N–H and O–H groups in total. The average Bonchev–Trinajstić information content (AvgIpc) is 3.03. The normalized spacial score (nSPS) is 11.5. The second-order valence-electron chi connectivity index (χ2n) is 6.35. The highest BCUT2D eigenvalue weighted by molar-refractivity contribution is 7.90.